The largest absolute Gasteiger partial charge is 0.497 e. The number of nitrogens with zero attached hydrogens (tertiary/aromatic N) is 2. The summed E-state index contributed by atoms with van der Waals surface area (Å²) in [6.07, 6.45) is -2.39. The average Bonchev–Trinajstić information content (AvgIpc) is 3.61. The highest BCUT2D eigenvalue weighted by Gasteiger charge is 2.44. The number of amides is 1. The van der Waals surface area contributed by atoms with E-state index >= 15 is 0 Å². The van der Waals surface area contributed by atoms with Crippen LogP contribution in [-0.4, -0.2) is 110 Å². The molecule has 256 valence electrons. The Morgan fingerprint density at radius 1 is 1.07 bits per heavy atom. The highest BCUT2D eigenvalue weighted by Crippen LogP contribution is 2.34. The van der Waals surface area contributed by atoms with Gasteiger partial charge >= 0.3 is 13.7 Å². The molecule has 0 aliphatic carbocycles. The van der Waals surface area contributed by atoms with E-state index in [1.807, 2.05) is 13.8 Å². The van der Waals surface area contributed by atoms with Crippen LogP contribution in [0.5, 0.6) is 5.75 Å². The van der Waals surface area contributed by atoms with E-state index in [1.165, 1.54) is 35.7 Å². The molecule has 2 aliphatic rings. The van der Waals surface area contributed by atoms with Gasteiger partial charge in [-0.3, -0.25) is 9.46 Å². The van der Waals surface area contributed by atoms with Crippen LogP contribution in [0, 0.1) is 11.8 Å². The van der Waals surface area contributed by atoms with Gasteiger partial charge in [-0.15, -0.1) is 0 Å². The van der Waals surface area contributed by atoms with Crippen molar-refractivity contribution >= 4 is 29.0 Å². The first-order valence-electron chi connectivity index (χ1n) is 15.0. The van der Waals surface area contributed by atoms with Crippen LogP contribution in [0.3, 0.4) is 0 Å². The Morgan fingerprint density at radius 3 is 2.35 bits per heavy atom. The van der Waals surface area contributed by atoms with Crippen molar-refractivity contribution in [1.29, 1.82) is 0 Å². The molecule has 0 bridgehead atoms. The summed E-state index contributed by atoms with van der Waals surface area (Å²) in [7, 11) is -5.20. The molecule has 0 aromatic heterocycles. The zero-order valence-corrected chi connectivity index (χ0v) is 28.1. The second-order valence-electron chi connectivity index (χ2n) is 12.1. The zero-order valence-electron chi connectivity index (χ0n) is 26.4. The molecule has 0 radical (unpaired) electrons. The Labute approximate surface area is 269 Å². The number of alkyl carbamates (subject to hydrolysis) is 1. The number of aliphatic hydroxyl groups is 1. The van der Waals surface area contributed by atoms with Crippen molar-refractivity contribution in [2.24, 2.45) is 11.8 Å². The van der Waals surface area contributed by atoms with Gasteiger partial charge in [0.25, 0.3) is 0 Å². The number of aliphatic hydroxyl groups excluding tert-OH is 1. The number of nitrogens with one attached hydrogen (secondary N) is 1. The van der Waals surface area contributed by atoms with Gasteiger partial charge in [0.05, 0.1) is 48.6 Å². The fourth-order valence-corrected chi connectivity index (χ4v) is 7.71. The summed E-state index contributed by atoms with van der Waals surface area (Å²) in [5.41, 5.74) is 0.731. The predicted molar refractivity (Wildman–Crippen MR) is 168 cm³/mol. The van der Waals surface area contributed by atoms with Gasteiger partial charge in [-0.2, -0.15) is 4.31 Å². The molecule has 0 saturated carbocycles. The third-order valence-electron chi connectivity index (χ3n) is 7.90. The number of hydrogen-bond donors (Lipinski definition) is 4. The minimum Gasteiger partial charge on any atom is -0.497 e. The van der Waals surface area contributed by atoms with Gasteiger partial charge in [0.2, 0.25) is 10.0 Å². The lowest BCUT2D eigenvalue weighted by Crippen LogP contribution is -2.54. The normalized spacial score (nSPS) is 21.4. The molecular weight excluding hydrogens is 641 g/mol. The number of likely N-dealkylation sites (N-methyl/N-ethyl adjacent to an activating group) is 1. The third kappa shape index (κ3) is 9.49. The van der Waals surface area contributed by atoms with Gasteiger partial charge < -0.3 is 39.2 Å². The highest BCUT2D eigenvalue weighted by atomic mass is 32.2. The van der Waals surface area contributed by atoms with Crippen molar-refractivity contribution < 1.29 is 51.6 Å². The van der Waals surface area contributed by atoms with E-state index in [2.05, 4.69) is 5.32 Å². The number of sulfonamides is 1. The van der Waals surface area contributed by atoms with Crippen LogP contribution < -0.4 is 15.4 Å². The van der Waals surface area contributed by atoms with E-state index in [0.717, 1.165) is 5.56 Å². The number of carbonyl (C=O) groups excluding carboxylic acids is 1. The molecule has 46 heavy (non-hydrogen) atoms. The molecule has 2 fully saturated rings. The molecule has 1 amide bonds. The van der Waals surface area contributed by atoms with Crippen LogP contribution in [0.25, 0.3) is 0 Å². The molecule has 14 nitrogen and oxygen atoms in total. The first-order chi connectivity index (χ1) is 21.7. The van der Waals surface area contributed by atoms with Crippen LogP contribution in [0.2, 0.25) is 0 Å². The molecule has 4 N–H and O–H groups in total. The van der Waals surface area contributed by atoms with Crippen LogP contribution in [0.15, 0.2) is 53.4 Å². The number of benzene rings is 2. The van der Waals surface area contributed by atoms with E-state index in [1.54, 1.807) is 36.2 Å². The second kappa shape index (κ2) is 15.5. The van der Waals surface area contributed by atoms with Crippen LogP contribution >= 0.6 is 7.60 Å². The predicted octanol–water partition coefficient (Wildman–Crippen LogP) is 1.49. The van der Waals surface area contributed by atoms with Crippen molar-refractivity contribution in [2.75, 3.05) is 47.0 Å². The molecule has 2 aromatic carbocycles. The lowest BCUT2D eigenvalue weighted by molar-refractivity contribution is -0.0907. The maximum Gasteiger partial charge on any atom is 0.407 e. The fourth-order valence-electron chi connectivity index (χ4n) is 5.55. The summed E-state index contributed by atoms with van der Waals surface area (Å²) in [5, 5.41) is 14.2. The minimum atomic E-state index is -4.39. The smallest absolute Gasteiger partial charge is 0.407 e. The first kappa shape index (κ1) is 36.2. The summed E-state index contributed by atoms with van der Waals surface area (Å²) >= 11 is 0. The van der Waals surface area contributed by atoms with Crippen molar-refractivity contribution in [3.05, 3.63) is 54.1 Å². The molecular formula is C30H44N3O11PS. The Kier molecular flexibility index (Phi) is 12.2. The van der Waals surface area contributed by atoms with Gasteiger partial charge in [0.1, 0.15) is 11.9 Å². The molecule has 0 unspecified atom stereocenters. The summed E-state index contributed by atoms with van der Waals surface area (Å²) in [6.45, 7) is 4.62. The van der Waals surface area contributed by atoms with Crippen molar-refractivity contribution in [1.82, 2.24) is 14.5 Å². The van der Waals surface area contributed by atoms with Gasteiger partial charge in [0.15, 0.2) is 6.29 Å². The van der Waals surface area contributed by atoms with Crippen LogP contribution in [0.4, 0.5) is 4.79 Å². The monoisotopic (exact) mass is 685 g/mol. The summed E-state index contributed by atoms with van der Waals surface area (Å²) < 4.78 is 62.1. The third-order valence-corrected chi connectivity index (χ3v) is 10.7. The van der Waals surface area contributed by atoms with Gasteiger partial charge in [0, 0.05) is 26.2 Å². The number of fused-ring (bicyclic) bond motifs is 1. The number of rotatable bonds is 15. The highest BCUT2D eigenvalue weighted by molar-refractivity contribution is 7.89. The van der Waals surface area contributed by atoms with E-state index in [0.29, 0.717) is 25.3 Å². The van der Waals surface area contributed by atoms with Gasteiger partial charge in [-0.1, -0.05) is 26.0 Å². The SMILES string of the molecule is COc1ccc(S(=O)(=O)N(CC(C)C)C[C@@H](O)[C@H](CN(C)Cc2ccc(P(=O)(O)O)cc2)NC(=O)O[C@H]2CO[C@H]3OCC[C@H]32)cc1. The fraction of sp³-hybridized carbons (Fsp3) is 0.567. The number of hydrogen-bond acceptors (Lipinski definition) is 10. The van der Waals surface area contributed by atoms with E-state index in [9.17, 15) is 32.7 Å². The van der Waals surface area contributed by atoms with Crippen molar-refractivity contribution in [2.45, 2.75) is 56.2 Å². The Hall–Kier alpha value is -2.59. The molecule has 4 rings (SSSR count). The van der Waals surface area contributed by atoms with Crippen LogP contribution in [0.1, 0.15) is 25.8 Å². The second-order valence-corrected chi connectivity index (χ2v) is 15.6. The first-order valence-corrected chi connectivity index (χ1v) is 18.1. The molecule has 5 atom stereocenters. The Balaban J connectivity index is 1.52. The van der Waals surface area contributed by atoms with Crippen LogP contribution in [-0.2, 0) is 35.3 Å². The standard InChI is InChI=1S/C30H44N3O11PS/c1-20(2)15-33(46(39,40)24-11-7-22(41-4)8-12-24)18-27(34)26(31-30(35)44-28-19-43-29-25(28)13-14-42-29)17-32(3)16-21-5-9-23(10-6-21)45(36,37)38/h5-12,20,25-29,34H,13-19H2,1-4H3,(H,31,35)(H2,36,37,38)/t25-,26-,27+,28-,29+/m0/s1. The molecule has 2 aromatic rings. The van der Waals surface area contributed by atoms with E-state index in [-0.39, 0.29) is 48.3 Å². The van der Waals surface area contributed by atoms with Gasteiger partial charge in [-0.05, 0) is 61.3 Å². The minimum absolute atomic E-state index is 0.0375. The lowest BCUT2D eigenvalue weighted by atomic mass is 10.0. The maximum absolute atomic E-state index is 13.7. The quantitative estimate of drug-likeness (QED) is 0.199. The van der Waals surface area contributed by atoms with E-state index < -0.39 is 48.3 Å². The Morgan fingerprint density at radius 2 is 1.74 bits per heavy atom. The van der Waals surface area contributed by atoms with E-state index in [4.69, 9.17) is 18.9 Å². The Bertz CT molecular complexity index is 1450. The van der Waals surface area contributed by atoms with Crippen molar-refractivity contribution in [3.8, 4) is 5.75 Å². The van der Waals surface area contributed by atoms with Gasteiger partial charge in [-0.25, -0.2) is 13.2 Å². The summed E-state index contributed by atoms with van der Waals surface area (Å²) in [5.74, 6) is 0.336. The zero-order chi connectivity index (χ0) is 33.6. The molecule has 2 saturated heterocycles. The number of methoxy groups -OCH3 is 1. The molecule has 2 heterocycles. The number of ether oxygens (including phenoxy) is 4. The summed E-state index contributed by atoms with van der Waals surface area (Å²) in [4.78, 5) is 33.8. The topological polar surface area (TPSA) is 184 Å². The molecule has 2 aliphatic heterocycles. The average molecular weight is 686 g/mol. The molecule has 0 spiro atoms. The maximum atomic E-state index is 13.7. The molecule has 16 heteroatoms. The number of carbonyl (C=O) groups is 1. The summed E-state index contributed by atoms with van der Waals surface area (Å²) in [6, 6.07) is 10.9. The lowest BCUT2D eigenvalue weighted by Gasteiger charge is -2.32. The van der Waals surface area contributed by atoms with Crippen molar-refractivity contribution in [3.63, 3.8) is 0 Å².